The first-order valence-electron chi connectivity index (χ1n) is 10.0. The summed E-state index contributed by atoms with van der Waals surface area (Å²) >= 11 is 0. The number of nitrogens with zero attached hydrogens (tertiary/aromatic N) is 3. The van der Waals surface area contributed by atoms with Crippen molar-refractivity contribution < 1.29 is 4.74 Å². The smallest absolute Gasteiger partial charge is 0.139 e. The van der Waals surface area contributed by atoms with Crippen molar-refractivity contribution in [3.8, 4) is 11.8 Å². The number of hydrogen-bond donors (Lipinski definition) is 1. The van der Waals surface area contributed by atoms with Crippen LogP contribution in [-0.2, 0) is 0 Å². The summed E-state index contributed by atoms with van der Waals surface area (Å²) in [6, 6.07) is 26.0. The van der Waals surface area contributed by atoms with Crippen LogP contribution in [0.2, 0.25) is 0 Å². The van der Waals surface area contributed by atoms with E-state index in [1.54, 1.807) is 7.11 Å². The van der Waals surface area contributed by atoms with Gasteiger partial charge in [0.15, 0.2) is 0 Å². The van der Waals surface area contributed by atoms with Crippen molar-refractivity contribution in [1.82, 2.24) is 9.97 Å². The molecule has 1 N–H and O–H groups in total. The third-order valence-electron chi connectivity index (χ3n) is 5.41. The number of aromatic amines is 1. The molecule has 0 amide bonds. The third-order valence-corrected chi connectivity index (χ3v) is 5.41. The van der Waals surface area contributed by atoms with E-state index >= 15 is 0 Å². The molecule has 0 unspecified atom stereocenters. The molecule has 0 saturated heterocycles. The Morgan fingerprint density at radius 1 is 1.03 bits per heavy atom. The largest absolute Gasteiger partial charge is 0.497 e. The van der Waals surface area contributed by atoms with Gasteiger partial charge in [-0.25, -0.2) is 4.98 Å². The van der Waals surface area contributed by atoms with Crippen LogP contribution in [0.4, 0.5) is 5.69 Å². The number of methoxy groups -OCH3 is 1. The fraction of sp³-hybridized carbons (Fsp3) is 0.0769. The first-order valence-corrected chi connectivity index (χ1v) is 10.0. The SMILES string of the molecule is COc1ccc2nc(C3=CN(c4ccccc4)CC(c4ccccc4C#N)=C3)[nH]c2c1. The van der Waals surface area contributed by atoms with Crippen molar-refractivity contribution in [2.24, 2.45) is 0 Å². The van der Waals surface area contributed by atoms with Crippen LogP contribution in [0.25, 0.3) is 22.2 Å². The average Bonchev–Trinajstić information content (AvgIpc) is 3.27. The van der Waals surface area contributed by atoms with E-state index in [4.69, 9.17) is 9.72 Å². The summed E-state index contributed by atoms with van der Waals surface area (Å²) in [5.41, 5.74) is 6.49. The number of anilines is 1. The van der Waals surface area contributed by atoms with Crippen LogP contribution in [0.1, 0.15) is 17.0 Å². The van der Waals surface area contributed by atoms with Gasteiger partial charge in [0, 0.05) is 30.1 Å². The van der Waals surface area contributed by atoms with E-state index in [1.807, 2.05) is 60.7 Å². The van der Waals surface area contributed by atoms with Crippen LogP contribution < -0.4 is 9.64 Å². The monoisotopic (exact) mass is 404 g/mol. The molecular formula is C26H20N4O. The lowest BCUT2D eigenvalue weighted by Crippen LogP contribution is -2.22. The highest BCUT2D eigenvalue weighted by Crippen LogP contribution is 2.32. The van der Waals surface area contributed by atoms with Crippen LogP contribution in [0, 0.1) is 11.3 Å². The van der Waals surface area contributed by atoms with Crippen molar-refractivity contribution in [2.45, 2.75) is 0 Å². The fourth-order valence-corrected chi connectivity index (χ4v) is 3.86. The van der Waals surface area contributed by atoms with Crippen molar-refractivity contribution in [1.29, 1.82) is 5.26 Å². The summed E-state index contributed by atoms with van der Waals surface area (Å²) in [6.07, 6.45) is 4.22. The van der Waals surface area contributed by atoms with Crippen LogP contribution in [0.15, 0.2) is 85.1 Å². The van der Waals surface area contributed by atoms with Gasteiger partial charge >= 0.3 is 0 Å². The lowest BCUT2D eigenvalue weighted by molar-refractivity contribution is 0.415. The molecule has 31 heavy (non-hydrogen) atoms. The summed E-state index contributed by atoms with van der Waals surface area (Å²) in [6.45, 7) is 0.667. The van der Waals surface area contributed by atoms with E-state index in [0.717, 1.165) is 45.0 Å². The number of fused-ring (bicyclic) bond motifs is 1. The Bertz CT molecular complexity index is 1360. The molecule has 2 heterocycles. The number of aromatic nitrogens is 2. The maximum absolute atomic E-state index is 9.62. The maximum Gasteiger partial charge on any atom is 0.139 e. The number of benzene rings is 3. The fourth-order valence-electron chi connectivity index (χ4n) is 3.86. The Hall–Kier alpha value is -4.30. The molecule has 5 heteroatoms. The first kappa shape index (κ1) is 18.7. The minimum atomic E-state index is 0.664. The zero-order valence-electron chi connectivity index (χ0n) is 17.0. The Morgan fingerprint density at radius 2 is 1.84 bits per heavy atom. The molecule has 5 nitrogen and oxygen atoms in total. The number of para-hydroxylation sites is 1. The van der Waals surface area contributed by atoms with Gasteiger partial charge in [-0.1, -0.05) is 36.4 Å². The number of nitriles is 1. The molecule has 150 valence electrons. The van der Waals surface area contributed by atoms with Gasteiger partial charge in [0.25, 0.3) is 0 Å². The van der Waals surface area contributed by atoms with Gasteiger partial charge in [-0.15, -0.1) is 0 Å². The second-order valence-corrected chi connectivity index (χ2v) is 7.34. The lowest BCUT2D eigenvalue weighted by Gasteiger charge is -2.27. The summed E-state index contributed by atoms with van der Waals surface area (Å²) < 4.78 is 5.34. The second kappa shape index (κ2) is 7.85. The van der Waals surface area contributed by atoms with Gasteiger partial charge in [-0.2, -0.15) is 5.26 Å². The highest BCUT2D eigenvalue weighted by molar-refractivity contribution is 5.91. The van der Waals surface area contributed by atoms with Crippen LogP contribution in [0.3, 0.4) is 0 Å². The number of hydrogen-bond acceptors (Lipinski definition) is 4. The summed E-state index contributed by atoms with van der Waals surface area (Å²) in [5, 5.41) is 9.62. The summed E-state index contributed by atoms with van der Waals surface area (Å²) in [4.78, 5) is 10.4. The molecule has 0 aliphatic carbocycles. The van der Waals surface area contributed by atoms with E-state index in [-0.39, 0.29) is 0 Å². The van der Waals surface area contributed by atoms with Gasteiger partial charge in [0.2, 0.25) is 0 Å². The highest BCUT2D eigenvalue weighted by atomic mass is 16.5. The van der Waals surface area contributed by atoms with E-state index in [9.17, 15) is 5.26 Å². The van der Waals surface area contributed by atoms with E-state index in [2.05, 4.69) is 40.4 Å². The zero-order chi connectivity index (χ0) is 21.2. The van der Waals surface area contributed by atoms with E-state index in [0.29, 0.717) is 12.1 Å². The quantitative estimate of drug-likeness (QED) is 0.495. The molecule has 1 aromatic heterocycles. The van der Waals surface area contributed by atoms with Gasteiger partial charge in [0.1, 0.15) is 11.6 Å². The second-order valence-electron chi connectivity index (χ2n) is 7.34. The minimum Gasteiger partial charge on any atom is -0.497 e. The molecule has 0 fully saturated rings. The van der Waals surface area contributed by atoms with Crippen LogP contribution in [-0.4, -0.2) is 23.6 Å². The lowest BCUT2D eigenvalue weighted by atomic mass is 9.95. The molecular weight excluding hydrogens is 384 g/mol. The number of imidazole rings is 1. The Morgan fingerprint density at radius 3 is 2.65 bits per heavy atom. The zero-order valence-corrected chi connectivity index (χ0v) is 17.0. The van der Waals surface area contributed by atoms with Gasteiger partial charge < -0.3 is 14.6 Å². The maximum atomic E-state index is 9.62. The average molecular weight is 404 g/mol. The Labute approximate surface area is 180 Å². The van der Waals surface area contributed by atoms with Crippen LogP contribution >= 0.6 is 0 Å². The molecule has 0 spiro atoms. The van der Waals surface area contributed by atoms with Gasteiger partial charge in [0.05, 0.1) is 29.8 Å². The number of allylic oxidation sites excluding steroid dienone is 2. The summed E-state index contributed by atoms with van der Waals surface area (Å²) in [7, 11) is 1.65. The minimum absolute atomic E-state index is 0.664. The molecule has 5 rings (SSSR count). The molecule has 0 bridgehead atoms. The van der Waals surface area contributed by atoms with Crippen LogP contribution in [0.5, 0.6) is 5.75 Å². The number of ether oxygens (including phenoxy) is 1. The number of nitrogens with one attached hydrogen (secondary N) is 1. The topological polar surface area (TPSA) is 64.9 Å². The van der Waals surface area contributed by atoms with Crippen molar-refractivity contribution in [3.05, 3.63) is 102 Å². The van der Waals surface area contributed by atoms with Crippen molar-refractivity contribution >= 4 is 27.9 Å². The first-order chi connectivity index (χ1) is 15.2. The molecule has 0 atom stereocenters. The number of rotatable bonds is 4. The van der Waals surface area contributed by atoms with Gasteiger partial charge in [-0.05, 0) is 47.5 Å². The van der Waals surface area contributed by atoms with Gasteiger partial charge in [-0.3, -0.25) is 0 Å². The molecule has 1 aliphatic heterocycles. The van der Waals surface area contributed by atoms with E-state index in [1.165, 1.54) is 0 Å². The number of H-pyrrole nitrogens is 1. The normalized spacial score (nSPS) is 13.5. The standard InChI is InChI=1S/C26H20N4O/c1-31-22-11-12-24-25(14-22)29-26(28-24)20-13-19(23-10-6-5-7-18(23)15-27)16-30(17-20)21-8-3-2-4-9-21/h2-14,17H,16H2,1H3,(H,28,29). The third kappa shape index (κ3) is 3.56. The Balaban J connectivity index is 1.64. The molecule has 0 radical (unpaired) electrons. The Kier molecular flexibility index (Phi) is 4.74. The van der Waals surface area contributed by atoms with E-state index < -0.39 is 0 Å². The predicted molar refractivity (Wildman–Crippen MR) is 124 cm³/mol. The molecule has 0 saturated carbocycles. The summed E-state index contributed by atoms with van der Waals surface area (Å²) in [5.74, 6) is 1.56. The highest BCUT2D eigenvalue weighted by Gasteiger charge is 2.19. The van der Waals surface area contributed by atoms with Crippen molar-refractivity contribution in [3.63, 3.8) is 0 Å². The molecule has 1 aliphatic rings. The predicted octanol–water partition coefficient (Wildman–Crippen LogP) is 5.39. The van der Waals surface area contributed by atoms with Crippen molar-refractivity contribution in [2.75, 3.05) is 18.6 Å². The molecule has 3 aromatic carbocycles. The molecule has 4 aromatic rings.